The van der Waals surface area contributed by atoms with Gasteiger partial charge in [0.25, 0.3) is 0 Å². The average molecular weight is 789 g/mol. The van der Waals surface area contributed by atoms with Gasteiger partial charge in [0, 0.05) is 5.56 Å². The van der Waals surface area contributed by atoms with E-state index < -0.39 is 71.5 Å². The number of anilines is 1. The molecule has 8 rings (SSSR count). The van der Waals surface area contributed by atoms with Gasteiger partial charge in [0.2, 0.25) is 11.8 Å². The van der Waals surface area contributed by atoms with Gasteiger partial charge in [0.05, 0.1) is 36.3 Å². The van der Waals surface area contributed by atoms with Gasteiger partial charge in [-0.05, 0) is 65.1 Å². The fourth-order valence-electron chi connectivity index (χ4n) is 9.02. The van der Waals surface area contributed by atoms with Crippen molar-refractivity contribution in [3.63, 3.8) is 0 Å². The summed E-state index contributed by atoms with van der Waals surface area (Å²) >= 11 is 0. The summed E-state index contributed by atoms with van der Waals surface area (Å²) in [6, 6.07) is 33.3. The SMILES string of the molecule is C[C@@H](NC(=O)N1C(=O)[C@@]2(c3cc(C#CCNC(N)=O)ccc31)[C@H](C(N)=O)[C@H]1C(=O)O[C@H](c3ccccc3)[C@H](c3ccccc3)N1[C@@H]2c1ccc(O)cc1)c1ccccc1. The first-order valence-corrected chi connectivity index (χ1v) is 19.0. The van der Waals surface area contributed by atoms with Crippen molar-refractivity contribution in [2.75, 3.05) is 11.4 Å². The molecule has 0 aromatic heterocycles. The van der Waals surface area contributed by atoms with Crippen LogP contribution in [0.5, 0.6) is 5.75 Å². The summed E-state index contributed by atoms with van der Waals surface area (Å²) in [5.41, 5.74) is 13.0. The van der Waals surface area contributed by atoms with Gasteiger partial charge in [-0.15, -0.1) is 0 Å². The Morgan fingerprint density at radius 2 is 1.44 bits per heavy atom. The molecule has 2 fully saturated rings. The van der Waals surface area contributed by atoms with Gasteiger partial charge in [-0.2, -0.15) is 0 Å². The summed E-state index contributed by atoms with van der Waals surface area (Å²) in [6.45, 7) is 1.71. The van der Waals surface area contributed by atoms with Crippen LogP contribution in [0.3, 0.4) is 0 Å². The Morgan fingerprint density at radius 1 is 0.814 bits per heavy atom. The Labute approximate surface area is 339 Å². The van der Waals surface area contributed by atoms with E-state index in [2.05, 4.69) is 22.5 Å². The number of nitrogens with one attached hydrogen (secondary N) is 2. The summed E-state index contributed by atoms with van der Waals surface area (Å²) in [7, 11) is 0. The van der Waals surface area contributed by atoms with E-state index in [9.17, 15) is 24.3 Å². The van der Waals surface area contributed by atoms with Crippen LogP contribution in [0.4, 0.5) is 15.3 Å². The third-order valence-electron chi connectivity index (χ3n) is 11.4. The molecule has 0 saturated carbocycles. The van der Waals surface area contributed by atoms with E-state index in [-0.39, 0.29) is 23.5 Å². The number of imide groups is 1. The zero-order chi connectivity index (χ0) is 41.4. The van der Waals surface area contributed by atoms with Crippen molar-refractivity contribution < 1.29 is 33.8 Å². The number of carbonyl (C=O) groups excluding carboxylic acids is 5. The van der Waals surface area contributed by atoms with Gasteiger partial charge >= 0.3 is 18.0 Å². The second-order valence-corrected chi connectivity index (χ2v) is 14.7. The number of ether oxygens (including phenoxy) is 1. The Morgan fingerprint density at radius 3 is 2.07 bits per heavy atom. The van der Waals surface area contributed by atoms with Crippen LogP contribution < -0.4 is 27.0 Å². The number of hydrogen-bond donors (Lipinski definition) is 5. The minimum atomic E-state index is -2.04. The molecule has 6 amide bonds. The van der Waals surface area contributed by atoms with Crippen molar-refractivity contribution in [1.29, 1.82) is 0 Å². The highest BCUT2D eigenvalue weighted by Crippen LogP contribution is 2.65. The second-order valence-electron chi connectivity index (χ2n) is 14.7. The molecule has 7 atom stereocenters. The van der Waals surface area contributed by atoms with Crippen molar-refractivity contribution in [3.8, 4) is 17.6 Å². The number of phenols is 1. The number of rotatable bonds is 7. The number of hydrogen-bond acceptors (Lipinski definition) is 8. The maximum atomic E-state index is 15.9. The Hall–Kier alpha value is -7.43. The molecule has 13 nitrogen and oxygen atoms in total. The lowest BCUT2D eigenvalue weighted by atomic mass is 9.65. The standard InChI is InChI=1S/C46H40N6O7/c1-27(29-13-5-2-6-14-29)50-45(58)51-35-24-19-28(12-11-25-49-44(48)57)26-34(35)46(43(51)56)36(41(47)54)38-42(55)59-39(31-17-9-4-10-18-31)37(30-15-7-3-8-16-30)52(38)40(46)32-20-22-33(53)23-21-32/h2-10,13-24,26-27,36-40,53H,25H2,1H3,(H2,47,54)(H,50,58)(H3,48,49,57)/t27-,36+,37+,38+,39-,40-,46+/m1/s1. The van der Waals surface area contributed by atoms with Crippen LogP contribution >= 0.6 is 0 Å². The molecule has 59 heavy (non-hydrogen) atoms. The number of morpholine rings is 1. The van der Waals surface area contributed by atoms with Crippen LogP contribution in [0.25, 0.3) is 0 Å². The first-order chi connectivity index (χ1) is 28.5. The average Bonchev–Trinajstić information content (AvgIpc) is 3.70. The van der Waals surface area contributed by atoms with E-state index in [1.54, 1.807) is 37.3 Å². The number of nitrogens with two attached hydrogens (primary N) is 2. The van der Waals surface area contributed by atoms with Crippen LogP contribution in [0.15, 0.2) is 133 Å². The van der Waals surface area contributed by atoms with Crippen LogP contribution in [0, 0.1) is 17.8 Å². The quantitative estimate of drug-likeness (QED) is 0.112. The monoisotopic (exact) mass is 788 g/mol. The highest BCUT2D eigenvalue weighted by molar-refractivity contribution is 6.24. The number of fused-ring (bicyclic) bond motifs is 3. The molecule has 0 unspecified atom stereocenters. The predicted octanol–water partition coefficient (Wildman–Crippen LogP) is 5.03. The van der Waals surface area contributed by atoms with E-state index in [4.69, 9.17) is 16.2 Å². The number of cyclic esters (lactones) is 1. The van der Waals surface area contributed by atoms with E-state index in [0.717, 1.165) is 16.0 Å². The van der Waals surface area contributed by atoms with Crippen LogP contribution in [0.2, 0.25) is 0 Å². The smallest absolute Gasteiger partial charge is 0.329 e. The summed E-state index contributed by atoms with van der Waals surface area (Å²) in [4.78, 5) is 73.9. The summed E-state index contributed by atoms with van der Waals surface area (Å²) < 4.78 is 6.35. The number of esters is 1. The Kier molecular flexibility index (Phi) is 10.1. The van der Waals surface area contributed by atoms with Crippen LogP contribution in [0.1, 0.15) is 64.5 Å². The molecule has 0 bridgehead atoms. The Balaban J connectivity index is 1.40. The van der Waals surface area contributed by atoms with E-state index in [1.807, 2.05) is 95.9 Å². The molecule has 0 aliphatic carbocycles. The van der Waals surface area contributed by atoms with Crippen molar-refractivity contribution in [2.45, 2.75) is 42.6 Å². The summed E-state index contributed by atoms with van der Waals surface area (Å²) in [5.74, 6) is 1.64. The third-order valence-corrected chi connectivity index (χ3v) is 11.4. The normalized spacial score (nSPS) is 23.6. The molecular weight excluding hydrogens is 749 g/mol. The van der Waals surface area contributed by atoms with E-state index >= 15 is 4.79 Å². The predicted molar refractivity (Wildman–Crippen MR) is 217 cm³/mol. The highest BCUT2D eigenvalue weighted by atomic mass is 16.6. The molecule has 1 spiro atoms. The van der Waals surface area contributed by atoms with Gasteiger partial charge in [0.15, 0.2) is 0 Å². The molecule has 5 aromatic rings. The third kappa shape index (κ3) is 6.59. The number of urea groups is 2. The van der Waals surface area contributed by atoms with Gasteiger partial charge in [-0.3, -0.25) is 19.3 Å². The van der Waals surface area contributed by atoms with Gasteiger partial charge < -0.3 is 31.9 Å². The van der Waals surface area contributed by atoms with Crippen molar-refractivity contribution in [2.24, 2.45) is 17.4 Å². The second kappa shape index (κ2) is 15.5. The lowest BCUT2D eigenvalue weighted by Gasteiger charge is -2.46. The maximum Gasteiger partial charge on any atom is 0.329 e. The molecule has 2 saturated heterocycles. The number of carbonyl (C=O) groups is 5. The van der Waals surface area contributed by atoms with Crippen LogP contribution in [-0.4, -0.2) is 52.4 Å². The zero-order valence-electron chi connectivity index (χ0n) is 31.8. The first-order valence-electron chi connectivity index (χ1n) is 19.0. The van der Waals surface area contributed by atoms with Crippen molar-refractivity contribution in [3.05, 3.63) is 167 Å². The summed E-state index contributed by atoms with van der Waals surface area (Å²) in [6.07, 6.45) is -0.914. The largest absolute Gasteiger partial charge is 0.508 e. The number of primary amides is 2. The van der Waals surface area contributed by atoms with Gasteiger partial charge in [-0.1, -0.05) is 115 Å². The van der Waals surface area contributed by atoms with Gasteiger partial charge in [0.1, 0.15) is 23.3 Å². The first kappa shape index (κ1) is 38.4. The van der Waals surface area contributed by atoms with E-state index in [1.165, 1.54) is 12.1 Å². The minimum absolute atomic E-state index is 0.0557. The molecule has 5 aromatic carbocycles. The zero-order valence-corrected chi connectivity index (χ0v) is 31.8. The molecule has 3 aliphatic heterocycles. The molecule has 0 radical (unpaired) electrons. The van der Waals surface area contributed by atoms with E-state index in [0.29, 0.717) is 16.7 Å². The number of benzene rings is 5. The lowest BCUT2D eigenvalue weighted by molar-refractivity contribution is -0.178. The maximum absolute atomic E-state index is 15.9. The van der Waals surface area contributed by atoms with Crippen LogP contribution in [-0.2, 0) is 24.5 Å². The fraction of sp³-hybridized carbons (Fsp3) is 0.196. The molecule has 13 heteroatoms. The van der Waals surface area contributed by atoms with Gasteiger partial charge in [-0.25, -0.2) is 14.5 Å². The van der Waals surface area contributed by atoms with Crippen molar-refractivity contribution in [1.82, 2.24) is 15.5 Å². The minimum Gasteiger partial charge on any atom is -0.508 e. The molecule has 3 aliphatic rings. The van der Waals surface area contributed by atoms with Crippen molar-refractivity contribution >= 4 is 35.5 Å². The number of nitrogens with zero attached hydrogens (tertiary/aromatic N) is 2. The number of amides is 6. The lowest BCUT2D eigenvalue weighted by Crippen LogP contribution is -2.55. The summed E-state index contributed by atoms with van der Waals surface area (Å²) in [5, 5.41) is 15.9. The fourth-order valence-corrected chi connectivity index (χ4v) is 9.02. The molecule has 296 valence electrons. The number of aromatic hydroxyl groups is 1. The molecule has 7 N–H and O–H groups in total. The highest BCUT2D eigenvalue weighted by Gasteiger charge is 2.75. The molecular formula is C46H40N6O7. The topological polar surface area (TPSA) is 197 Å². The Bertz CT molecular complexity index is 2510. The molecule has 3 heterocycles. The number of phenolic OH excluding ortho intramolecular Hbond substituents is 1.